The van der Waals surface area contributed by atoms with Crippen molar-refractivity contribution in [3.05, 3.63) is 77.9 Å². The van der Waals surface area contributed by atoms with E-state index in [9.17, 15) is 4.39 Å². The van der Waals surface area contributed by atoms with Crippen LogP contribution in [0.4, 0.5) is 4.39 Å². The van der Waals surface area contributed by atoms with Crippen molar-refractivity contribution in [2.24, 2.45) is 0 Å². The van der Waals surface area contributed by atoms with E-state index in [1.54, 1.807) is 18.4 Å². The SMILES string of the molecule is CC(C)(c1ccc(-c2ccccc2F)cc1)c1ccon1. The molecular formula is C18H16FNO. The summed E-state index contributed by atoms with van der Waals surface area (Å²) in [5.41, 5.74) is 3.22. The van der Waals surface area contributed by atoms with Gasteiger partial charge in [-0.2, -0.15) is 0 Å². The van der Waals surface area contributed by atoms with E-state index >= 15 is 0 Å². The summed E-state index contributed by atoms with van der Waals surface area (Å²) in [4.78, 5) is 0. The van der Waals surface area contributed by atoms with Crippen molar-refractivity contribution in [3.8, 4) is 11.1 Å². The highest BCUT2D eigenvalue weighted by Crippen LogP contribution is 2.32. The standard InChI is InChI=1S/C18H16FNO/c1-18(2,17-11-12-21-20-17)14-9-7-13(8-10-14)15-5-3-4-6-16(15)19/h3-12H,1-2H3. The Labute approximate surface area is 123 Å². The van der Waals surface area contributed by atoms with E-state index in [1.165, 1.54) is 6.07 Å². The van der Waals surface area contributed by atoms with Gasteiger partial charge in [0.25, 0.3) is 0 Å². The molecule has 0 aliphatic rings. The minimum atomic E-state index is -0.249. The Balaban J connectivity index is 1.97. The molecule has 2 aromatic carbocycles. The van der Waals surface area contributed by atoms with Crippen LogP contribution in [0.5, 0.6) is 0 Å². The molecule has 0 N–H and O–H groups in total. The summed E-state index contributed by atoms with van der Waals surface area (Å²) in [6, 6.07) is 16.6. The van der Waals surface area contributed by atoms with Crippen molar-refractivity contribution in [1.29, 1.82) is 0 Å². The van der Waals surface area contributed by atoms with Gasteiger partial charge in [-0.25, -0.2) is 4.39 Å². The molecule has 0 amide bonds. The highest BCUT2D eigenvalue weighted by molar-refractivity contribution is 5.64. The van der Waals surface area contributed by atoms with Crippen LogP contribution in [-0.2, 0) is 5.41 Å². The Bertz CT molecular complexity index is 730. The molecule has 0 bridgehead atoms. The number of hydrogen-bond donors (Lipinski definition) is 0. The maximum absolute atomic E-state index is 13.8. The number of halogens is 1. The van der Waals surface area contributed by atoms with Crippen molar-refractivity contribution < 1.29 is 8.91 Å². The Morgan fingerprint density at radius 1 is 0.952 bits per heavy atom. The lowest BCUT2D eigenvalue weighted by Crippen LogP contribution is -2.19. The first-order valence-corrected chi connectivity index (χ1v) is 6.85. The zero-order valence-corrected chi connectivity index (χ0v) is 12.0. The molecule has 106 valence electrons. The van der Waals surface area contributed by atoms with Crippen molar-refractivity contribution in [3.63, 3.8) is 0 Å². The van der Waals surface area contributed by atoms with Crippen LogP contribution in [0.2, 0.25) is 0 Å². The molecule has 2 nitrogen and oxygen atoms in total. The normalized spacial score (nSPS) is 11.6. The molecule has 0 aliphatic carbocycles. The lowest BCUT2D eigenvalue weighted by atomic mass is 9.81. The van der Waals surface area contributed by atoms with Gasteiger partial charge in [0.2, 0.25) is 0 Å². The predicted octanol–water partition coefficient (Wildman–Crippen LogP) is 4.81. The summed E-state index contributed by atoms with van der Waals surface area (Å²) in [5, 5.41) is 4.02. The van der Waals surface area contributed by atoms with Gasteiger partial charge in [-0.1, -0.05) is 61.5 Å². The third kappa shape index (κ3) is 2.47. The van der Waals surface area contributed by atoms with E-state index in [0.717, 1.165) is 16.8 Å². The Kier molecular flexibility index (Phi) is 3.34. The summed E-state index contributed by atoms with van der Waals surface area (Å²) in [5.74, 6) is -0.207. The van der Waals surface area contributed by atoms with Gasteiger partial charge in [0, 0.05) is 17.0 Å². The maximum atomic E-state index is 13.8. The summed E-state index contributed by atoms with van der Waals surface area (Å²) in [6.07, 6.45) is 1.57. The monoisotopic (exact) mass is 281 g/mol. The van der Waals surface area contributed by atoms with Crippen LogP contribution in [0.3, 0.4) is 0 Å². The topological polar surface area (TPSA) is 26.0 Å². The molecule has 0 spiro atoms. The highest BCUT2D eigenvalue weighted by Gasteiger charge is 2.25. The van der Waals surface area contributed by atoms with Gasteiger partial charge < -0.3 is 4.52 Å². The lowest BCUT2D eigenvalue weighted by Gasteiger charge is -2.22. The van der Waals surface area contributed by atoms with Crippen LogP contribution in [0.25, 0.3) is 11.1 Å². The molecule has 0 aliphatic heterocycles. The predicted molar refractivity (Wildman–Crippen MR) is 80.5 cm³/mol. The molecule has 3 heteroatoms. The van der Waals surface area contributed by atoms with E-state index in [-0.39, 0.29) is 11.2 Å². The second-order valence-electron chi connectivity index (χ2n) is 5.57. The van der Waals surface area contributed by atoms with Gasteiger partial charge in [0.15, 0.2) is 0 Å². The van der Waals surface area contributed by atoms with Crippen molar-refractivity contribution in [2.45, 2.75) is 19.3 Å². The largest absolute Gasteiger partial charge is 0.364 e. The van der Waals surface area contributed by atoms with Gasteiger partial charge in [-0.05, 0) is 17.2 Å². The maximum Gasteiger partial charge on any atom is 0.131 e. The smallest absolute Gasteiger partial charge is 0.131 e. The van der Waals surface area contributed by atoms with Crippen LogP contribution in [0.1, 0.15) is 25.1 Å². The molecule has 0 saturated carbocycles. The molecule has 0 fully saturated rings. The summed E-state index contributed by atoms with van der Waals surface area (Å²) < 4.78 is 18.7. The number of hydrogen-bond acceptors (Lipinski definition) is 2. The number of nitrogens with zero attached hydrogens (tertiary/aromatic N) is 1. The first-order valence-electron chi connectivity index (χ1n) is 6.85. The van der Waals surface area contributed by atoms with Crippen LogP contribution in [0, 0.1) is 5.82 Å². The van der Waals surface area contributed by atoms with Gasteiger partial charge in [-0.15, -0.1) is 0 Å². The average molecular weight is 281 g/mol. The van der Waals surface area contributed by atoms with Crippen molar-refractivity contribution >= 4 is 0 Å². The fourth-order valence-corrected chi connectivity index (χ4v) is 2.44. The second kappa shape index (κ2) is 5.17. The van der Waals surface area contributed by atoms with Crippen LogP contribution >= 0.6 is 0 Å². The molecule has 21 heavy (non-hydrogen) atoms. The molecule has 1 aromatic heterocycles. The molecule has 1 heterocycles. The number of rotatable bonds is 3. The van der Waals surface area contributed by atoms with Gasteiger partial charge in [0.05, 0.1) is 5.69 Å². The van der Waals surface area contributed by atoms with Crippen LogP contribution < -0.4 is 0 Å². The van der Waals surface area contributed by atoms with Gasteiger partial charge >= 0.3 is 0 Å². The van der Waals surface area contributed by atoms with E-state index in [0.29, 0.717) is 5.56 Å². The Morgan fingerprint density at radius 3 is 2.29 bits per heavy atom. The van der Waals surface area contributed by atoms with Crippen LogP contribution in [0.15, 0.2) is 65.4 Å². The molecule has 3 aromatic rings. The zero-order valence-electron chi connectivity index (χ0n) is 12.0. The van der Waals surface area contributed by atoms with Gasteiger partial charge in [0.1, 0.15) is 12.1 Å². The third-order valence-corrected chi connectivity index (χ3v) is 3.87. The molecule has 0 atom stereocenters. The number of benzene rings is 2. The minimum Gasteiger partial charge on any atom is -0.364 e. The Morgan fingerprint density at radius 2 is 1.67 bits per heavy atom. The summed E-state index contributed by atoms with van der Waals surface area (Å²) in [6.45, 7) is 4.17. The minimum absolute atomic E-state index is 0.207. The molecular weight excluding hydrogens is 265 g/mol. The van der Waals surface area contributed by atoms with Crippen LogP contribution in [-0.4, -0.2) is 5.16 Å². The third-order valence-electron chi connectivity index (χ3n) is 3.87. The fraction of sp³-hybridized carbons (Fsp3) is 0.167. The van der Waals surface area contributed by atoms with Gasteiger partial charge in [-0.3, -0.25) is 0 Å². The van der Waals surface area contributed by atoms with Crippen molar-refractivity contribution in [2.75, 3.05) is 0 Å². The van der Waals surface area contributed by atoms with E-state index in [2.05, 4.69) is 19.0 Å². The molecule has 0 unspecified atom stereocenters. The second-order valence-corrected chi connectivity index (χ2v) is 5.57. The Hall–Kier alpha value is -2.42. The molecule has 0 radical (unpaired) electrons. The van der Waals surface area contributed by atoms with E-state index in [4.69, 9.17) is 4.52 Å². The fourth-order valence-electron chi connectivity index (χ4n) is 2.44. The lowest BCUT2D eigenvalue weighted by molar-refractivity contribution is 0.398. The molecule has 0 saturated heterocycles. The first kappa shape index (κ1) is 13.6. The van der Waals surface area contributed by atoms with E-state index < -0.39 is 0 Å². The van der Waals surface area contributed by atoms with E-state index in [1.807, 2.05) is 36.4 Å². The summed E-state index contributed by atoms with van der Waals surface area (Å²) >= 11 is 0. The first-order chi connectivity index (χ1) is 10.1. The number of aromatic nitrogens is 1. The zero-order chi connectivity index (χ0) is 14.9. The average Bonchev–Trinajstić information content (AvgIpc) is 3.03. The summed E-state index contributed by atoms with van der Waals surface area (Å²) in [7, 11) is 0. The molecule has 3 rings (SSSR count). The quantitative estimate of drug-likeness (QED) is 0.688. The highest BCUT2D eigenvalue weighted by atomic mass is 19.1. The van der Waals surface area contributed by atoms with Crippen molar-refractivity contribution in [1.82, 2.24) is 5.16 Å².